The summed E-state index contributed by atoms with van der Waals surface area (Å²) in [5.74, 6) is -1.07. The maximum absolute atomic E-state index is 15.6. The third-order valence-electron chi connectivity index (χ3n) is 7.81. The zero-order valence-corrected chi connectivity index (χ0v) is 21.0. The molecule has 5 heteroatoms. The Balaban J connectivity index is 1.68. The molecule has 0 bridgehead atoms. The molecule has 1 saturated carbocycles. The second-order valence-electron chi connectivity index (χ2n) is 9.73. The van der Waals surface area contributed by atoms with Crippen LogP contribution < -0.4 is 0 Å². The Labute approximate surface area is 203 Å². The first-order chi connectivity index (χ1) is 16.5. The van der Waals surface area contributed by atoms with Gasteiger partial charge in [-0.05, 0) is 43.4 Å². The summed E-state index contributed by atoms with van der Waals surface area (Å²) in [5.41, 5.74) is 3.00. The molecule has 3 aromatic rings. The number of nitrogens with zero attached hydrogens (tertiary/aromatic N) is 2. The SMILES string of the molecule is C[C@@H](c1ccccc1)N1[C@H]2CCCC[C@@H]2N([C@@H](C)c2ccccc2)P1(=O)[C@H](O)c1ccccc1. The molecule has 1 N–H and O–H groups in total. The third kappa shape index (κ3) is 3.97. The quantitative estimate of drug-likeness (QED) is 0.380. The van der Waals surface area contributed by atoms with Crippen LogP contribution in [0.25, 0.3) is 0 Å². The Bertz CT molecular complexity index is 1060. The van der Waals surface area contributed by atoms with Gasteiger partial charge in [0.2, 0.25) is 7.44 Å². The van der Waals surface area contributed by atoms with E-state index in [1.165, 1.54) is 0 Å². The molecule has 4 nitrogen and oxygen atoms in total. The van der Waals surface area contributed by atoms with Gasteiger partial charge in [0.25, 0.3) is 0 Å². The van der Waals surface area contributed by atoms with Gasteiger partial charge >= 0.3 is 0 Å². The van der Waals surface area contributed by atoms with Crippen LogP contribution in [0, 0.1) is 0 Å². The molecule has 5 atom stereocenters. The normalized spacial score (nSPS) is 25.4. The predicted octanol–water partition coefficient (Wildman–Crippen LogP) is 7.32. The zero-order valence-electron chi connectivity index (χ0n) is 20.1. The van der Waals surface area contributed by atoms with Crippen LogP contribution in [-0.2, 0) is 4.57 Å². The van der Waals surface area contributed by atoms with Crippen molar-refractivity contribution >= 4 is 7.44 Å². The average molecular weight is 475 g/mol. The summed E-state index contributed by atoms with van der Waals surface area (Å²) in [6.45, 7) is 4.31. The standard InChI is InChI=1S/C29H35N2O2P/c1-22(24-14-6-3-7-15-24)30-27-20-12-13-21-28(27)31(23(2)25-16-8-4-9-17-25)34(30,33)29(32)26-18-10-5-11-19-26/h3-11,14-19,22-23,27-29,32H,12-13,20-21H2,1-2H3/t22-,23-,27-,28-,29-/m0/s1. The van der Waals surface area contributed by atoms with Crippen molar-refractivity contribution in [3.63, 3.8) is 0 Å². The maximum Gasteiger partial charge on any atom is 0.250 e. The number of aliphatic hydroxyl groups is 1. The summed E-state index contributed by atoms with van der Waals surface area (Å²) in [5, 5.41) is 11.9. The van der Waals surface area contributed by atoms with Gasteiger partial charge < -0.3 is 5.11 Å². The molecule has 34 heavy (non-hydrogen) atoms. The number of hydrogen-bond acceptors (Lipinski definition) is 2. The second kappa shape index (κ2) is 9.79. The van der Waals surface area contributed by atoms with Gasteiger partial charge in [-0.3, -0.25) is 4.57 Å². The average Bonchev–Trinajstić information content (AvgIpc) is 3.17. The lowest BCUT2D eigenvalue weighted by atomic mass is 9.88. The molecule has 1 heterocycles. The minimum atomic E-state index is -3.43. The van der Waals surface area contributed by atoms with Crippen molar-refractivity contribution < 1.29 is 9.67 Å². The zero-order chi connectivity index (χ0) is 23.7. The smallest absolute Gasteiger partial charge is 0.250 e. The molecule has 2 aliphatic rings. The summed E-state index contributed by atoms with van der Waals surface area (Å²) < 4.78 is 20.0. The van der Waals surface area contributed by atoms with E-state index in [-0.39, 0.29) is 24.2 Å². The van der Waals surface area contributed by atoms with Crippen molar-refractivity contribution in [2.24, 2.45) is 0 Å². The van der Waals surface area contributed by atoms with E-state index in [0.717, 1.165) is 42.4 Å². The van der Waals surface area contributed by atoms with Crippen LogP contribution in [0.3, 0.4) is 0 Å². The number of benzene rings is 3. The van der Waals surface area contributed by atoms with Crippen molar-refractivity contribution in [1.82, 2.24) is 9.34 Å². The molecule has 2 fully saturated rings. The molecule has 0 radical (unpaired) electrons. The monoisotopic (exact) mass is 474 g/mol. The number of fused-ring (bicyclic) bond motifs is 1. The second-order valence-corrected chi connectivity index (χ2v) is 12.3. The summed E-state index contributed by atoms with van der Waals surface area (Å²) >= 11 is 0. The fourth-order valence-electron chi connectivity index (χ4n) is 6.16. The summed E-state index contributed by atoms with van der Waals surface area (Å²) in [7, 11) is -3.43. The van der Waals surface area contributed by atoms with E-state index < -0.39 is 13.3 Å². The van der Waals surface area contributed by atoms with E-state index in [4.69, 9.17) is 0 Å². The highest BCUT2D eigenvalue weighted by Crippen LogP contribution is 2.74. The lowest BCUT2D eigenvalue weighted by molar-refractivity contribution is 0.166. The van der Waals surface area contributed by atoms with Crippen LogP contribution in [0.4, 0.5) is 0 Å². The molecule has 1 aliphatic carbocycles. The van der Waals surface area contributed by atoms with Gasteiger partial charge in [0.1, 0.15) is 0 Å². The molecule has 0 unspecified atom stereocenters. The largest absolute Gasteiger partial charge is 0.378 e. The summed E-state index contributed by atoms with van der Waals surface area (Å²) in [6.07, 6.45) is 4.28. The molecule has 1 saturated heterocycles. The number of aliphatic hydroxyl groups excluding tert-OH is 1. The van der Waals surface area contributed by atoms with Crippen molar-refractivity contribution in [3.05, 3.63) is 108 Å². The van der Waals surface area contributed by atoms with E-state index in [1.54, 1.807) is 0 Å². The molecule has 5 rings (SSSR count). The molecular weight excluding hydrogens is 439 g/mol. The van der Waals surface area contributed by atoms with Crippen LogP contribution in [0.5, 0.6) is 0 Å². The Morgan fingerprint density at radius 3 is 1.41 bits per heavy atom. The fraction of sp³-hybridized carbons (Fsp3) is 0.379. The number of hydrogen-bond donors (Lipinski definition) is 1. The highest BCUT2D eigenvalue weighted by atomic mass is 31.2. The van der Waals surface area contributed by atoms with Gasteiger partial charge in [0.05, 0.1) is 0 Å². The van der Waals surface area contributed by atoms with Crippen LogP contribution >= 0.6 is 7.44 Å². The van der Waals surface area contributed by atoms with E-state index >= 15 is 4.57 Å². The van der Waals surface area contributed by atoms with Crippen molar-refractivity contribution in [2.45, 2.75) is 69.5 Å². The van der Waals surface area contributed by atoms with E-state index in [1.807, 2.05) is 66.7 Å². The highest BCUT2D eigenvalue weighted by Gasteiger charge is 2.61. The van der Waals surface area contributed by atoms with Crippen molar-refractivity contribution in [1.29, 1.82) is 0 Å². The molecular formula is C29H35N2O2P. The fourth-order valence-corrected chi connectivity index (χ4v) is 10.1. The van der Waals surface area contributed by atoms with Gasteiger partial charge in [-0.25, -0.2) is 9.34 Å². The summed E-state index contributed by atoms with van der Waals surface area (Å²) in [6, 6.07) is 30.4. The molecule has 3 aromatic carbocycles. The Hall–Kier alpha value is -2.23. The topological polar surface area (TPSA) is 43.8 Å². The molecule has 0 spiro atoms. The molecule has 178 valence electrons. The van der Waals surface area contributed by atoms with Crippen LogP contribution in [0.15, 0.2) is 91.0 Å². The number of rotatable bonds is 6. The Morgan fingerprint density at radius 1 is 0.676 bits per heavy atom. The molecule has 1 aliphatic heterocycles. The van der Waals surface area contributed by atoms with Crippen molar-refractivity contribution in [3.8, 4) is 0 Å². The van der Waals surface area contributed by atoms with Gasteiger partial charge in [-0.1, -0.05) is 104 Å². The predicted molar refractivity (Wildman–Crippen MR) is 138 cm³/mol. The molecule has 0 amide bonds. The summed E-state index contributed by atoms with van der Waals surface area (Å²) in [4.78, 5) is 0. The first kappa shape index (κ1) is 23.5. The van der Waals surface area contributed by atoms with Gasteiger partial charge in [-0.2, -0.15) is 0 Å². The van der Waals surface area contributed by atoms with E-state index in [0.29, 0.717) is 0 Å². The van der Waals surface area contributed by atoms with Crippen LogP contribution in [0.2, 0.25) is 0 Å². The van der Waals surface area contributed by atoms with Gasteiger partial charge in [0.15, 0.2) is 5.85 Å². The molecule has 0 aromatic heterocycles. The van der Waals surface area contributed by atoms with Crippen molar-refractivity contribution in [2.75, 3.05) is 0 Å². The van der Waals surface area contributed by atoms with E-state index in [9.17, 15) is 5.11 Å². The van der Waals surface area contributed by atoms with Gasteiger partial charge in [-0.15, -0.1) is 0 Å². The first-order valence-corrected chi connectivity index (χ1v) is 14.2. The maximum atomic E-state index is 15.6. The van der Waals surface area contributed by atoms with Crippen LogP contribution in [0.1, 0.15) is 74.1 Å². The lowest BCUT2D eigenvalue weighted by Crippen LogP contribution is -2.41. The van der Waals surface area contributed by atoms with E-state index in [2.05, 4.69) is 47.5 Å². The lowest BCUT2D eigenvalue weighted by Gasteiger charge is -2.40. The highest BCUT2D eigenvalue weighted by molar-refractivity contribution is 7.59. The Kier molecular flexibility index (Phi) is 6.77. The first-order valence-electron chi connectivity index (χ1n) is 12.5. The Morgan fingerprint density at radius 2 is 1.03 bits per heavy atom. The van der Waals surface area contributed by atoms with Gasteiger partial charge in [0, 0.05) is 24.2 Å². The minimum Gasteiger partial charge on any atom is -0.378 e. The van der Waals surface area contributed by atoms with Crippen LogP contribution in [-0.4, -0.2) is 26.5 Å². The third-order valence-corrected chi connectivity index (χ3v) is 11.4. The minimum absolute atomic E-state index is 0.0658.